The summed E-state index contributed by atoms with van der Waals surface area (Å²) in [6, 6.07) is 12.6. The van der Waals surface area contributed by atoms with E-state index in [2.05, 4.69) is 9.71 Å². The molecule has 0 aromatic heterocycles. The van der Waals surface area contributed by atoms with Crippen LogP contribution < -0.4 is 4.72 Å². The summed E-state index contributed by atoms with van der Waals surface area (Å²) in [5, 5.41) is 0. The Kier molecular flexibility index (Phi) is 4.37. The van der Waals surface area contributed by atoms with Gasteiger partial charge in [-0.1, -0.05) is 30.3 Å². The van der Waals surface area contributed by atoms with Gasteiger partial charge in [-0.25, -0.2) is 12.8 Å². The number of hydrogen-bond acceptors (Lipinski definition) is 3. The highest BCUT2D eigenvalue weighted by molar-refractivity contribution is 7.90. The lowest BCUT2D eigenvalue weighted by Crippen LogP contribution is -2.31. The van der Waals surface area contributed by atoms with Gasteiger partial charge in [0.15, 0.2) is 0 Å². The molecule has 0 saturated heterocycles. The summed E-state index contributed by atoms with van der Waals surface area (Å²) >= 11 is 0. The van der Waals surface area contributed by atoms with Crippen molar-refractivity contribution >= 4 is 15.9 Å². The van der Waals surface area contributed by atoms with E-state index in [4.69, 9.17) is 0 Å². The Morgan fingerprint density at radius 1 is 1.14 bits per heavy atom. The number of aryl methyl sites for hydroxylation is 1. The lowest BCUT2D eigenvalue weighted by atomic mass is 10.2. The van der Waals surface area contributed by atoms with Gasteiger partial charge in [-0.3, -0.25) is 9.71 Å². The molecule has 0 aliphatic heterocycles. The van der Waals surface area contributed by atoms with E-state index in [0.29, 0.717) is 5.56 Å². The van der Waals surface area contributed by atoms with Crippen LogP contribution >= 0.6 is 0 Å². The van der Waals surface area contributed by atoms with Crippen LogP contribution in [0.15, 0.2) is 58.4 Å². The lowest BCUT2D eigenvalue weighted by Gasteiger charge is -2.11. The van der Waals surface area contributed by atoms with Crippen LogP contribution in [-0.4, -0.2) is 21.3 Å². The van der Waals surface area contributed by atoms with E-state index >= 15 is 0 Å². The Balaban J connectivity index is 2.34. The van der Waals surface area contributed by atoms with Gasteiger partial charge < -0.3 is 0 Å². The molecule has 0 heterocycles. The van der Waals surface area contributed by atoms with E-state index < -0.39 is 15.8 Å². The van der Waals surface area contributed by atoms with Gasteiger partial charge in [-0.15, -0.1) is 0 Å². The van der Waals surface area contributed by atoms with E-state index in [1.807, 2.05) is 6.07 Å². The van der Waals surface area contributed by atoms with Crippen molar-refractivity contribution < 1.29 is 12.8 Å². The average molecular weight is 306 g/mol. The molecule has 0 aliphatic rings. The monoisotopic (exact) mass is 306 g/mol. The Morgan fingerprint density at radius 2 is 1.81 bits per heavy atom. The van der Waals surface area contributed by atoms with Gasteiger partial charge in [0.2, 0.25) is 0 Å². The van der Waals surface area contributed by atoms with Crippen LogP contribution in [0.2, 0.25) is 0 Å². The first-order valence-corrected chi connectivity index (χ1v) is 7.73. The second-order valence-corrected chi connectivity index (χ2v) is 6.14. The molecular formula is C15H15FN2O2S. The minimum absolute atomic E-state index is 0.00141. The fourth-order valence-electron chi connectivity index (χ4n) is 1.80. The maximum atomic E-state index is 13.2. The molecule has 0 amide bonds. The number of halogens is 1. The van der Waals surface area contributed by atoms with E-state index in [1.165, 1.54) is 26.1 Å². The third kappa shape index (κ3) is 3.46. The van der Waals surface area contributed by atoms with Crippen molar-refractivity contribution in [2.24, 2.45) is 4.99 Å². The van der Waals surface area contributed by atoms with Crippen LogP contribution in [0.25, 0.3) is 0 Å². The summed E-state index contributed by atoms with van der Waals surface area (Å²) in [4.78, 5) is 3.96. The molecule has 0 radical (unpaired) electrons. The topological polar surface area (TPSA) is 58.5 Å². The fraction of sp³-hybridized carbons (Fsp3) is 0.133. The molecule has 2 rings (SSSR count). The fourth-order valence-corrected chi connectivity index (χ4v) is 2.96. The molecule has 0 saturated carbocycles. The predicted octanol–water partition coefficient (Wildman–Crippen LogP) is 2.49. The lowest BCUT2D eigenvalue weighted by molar-refractivity contribution is 0.590. The number of amidine groups is 1. The van der Waals surface area contributed by atoms with Crippen LogP contribution in [0.4, 0.5) is 4.39 Å². The maximum Gasteiger partial charge on any atom is 0.263 e. The molecular weight excluding hydrogens is 291 g/mol. The highest BCUT2D eigenvalue weighted by atomic mass is 32.2. The Morgan fingerprint density at radius 3 is 2.38 bits per heavy atom. The van der Waals surface area contributed by atoms with Gasteiger partial charge in [0.1, 0.15) is 11.7 Å². The molecule has 0 bridgehead atoms. The molecule has 0 atom stereocenters. The summed E-state index contributed by atoms with van der Waals surface area (Å²) in [6.45, 7) is 1.51. The van der Waals surface area contributed by atoms with Crippen molar-refractivity contribution in [1.82, 2.24) is 4.72 Å². The molecule has 1 N–H and O–H groups in total. The first-order valence-electron chi connectivity index (χ1n) is 6.25. The van der Waals surface area contributed by atoms with Crippen LogP contribution in [0.1, 0.15) is 11.1 Å². The normalized spacial score (nSPS) is 12.2. The van der Waals surface area contributed by atoms with E-state index in [9.17, 15) is 12.8 Å². The standard InChI is InChI=1S/C15H15FN2O2S/c1-11-10-13(8-9-14(11)16)21(19,20)18-15(17-2)12-6-4-3-5-7-12/h3-10H,1-2H3,(H,17,18). The van der Waals surface area contributed by atoms with Gasteiger partial charge in [-0.05, 0) is 30.7 Å². The molecule has 21 heavy (non-hydrogen) atoms. The second-order valence-electron chi connectivity index (χ2n) is 4.45. The van der Waals surface area contributed by atoms with Crippen molar-refractivity contribution in [2.45, 2.75) is 11.8 Å². The van der Waals surface area contributed by atoms with Gasteiger partial charge in [0.25, 0.3) is 10.0 Å². The van der Waals surface area contributed by atoms with Crippen LogP contribution in [0, 0.1) is 12.7 Å². The molecule has 6 heteroatoms. The predicted molar refractivity (Wildman–Crippen MR) is 80.4 cm³/mol. The number of nitrogens with one attached hydrogen (secondary N) is 1. The molecule has 2 aromatic rings. The van der Waals surface area contributed by atoms with Crippen molar-refractivity contribution in [1.29, 1.82) is 0 Å². The Labute approximate surface area is 123 Å². The Bertz CT molecular complexity index is 772. The largest absolute Gasteiger partial charge is 0.271 e. The minimum Gasteiger partial charge on any atom is -0.271 e. The maximum absolute atomic E-state index is 13.2. The minimum atomic E-state index is -3.81. The first-order chi connectivity index (χ1) is 9.94. The molecule has 0 fully saturated rings. The van der Waals surface area contributed by atoms with Crippen molar-refractivity contribution in [3.63, 3.8) is 0 Å². The summed E-state index contributed by atoms with van der Waals surface area (Å²) in [6.07, 6.45) is 0. The quantitative estimate of drug-likeness (QED) is 0.699. The van der Waals surface area contributed by atoms with E-state index in [-0.39, 0.29) is 16.3 Å². The van der Waals surface area contributed by atoms with Crippen molar-refractivity contribution in [3.8, 4) is 0 Å². The van der Waals surface area contributed by atoms with E-state index in [0.717, 1.165) is 6.07 Å². The molecule has 2 aromatic carbocycles. The van der Waals surface area contributed by atoms with Crippen molar-refractivity contribution in [3.05, 3.63) is 65.5 Å². The van der Waals surface area contributed by atoms with Gasteiger partial charge in [0.05, 0.1) is 4.90 Å². The highest BCUT2D eigenvalue weighted by Crippen LogP contribution is 2.14. The summed E-state index contributed by atoms with van der Waals surface area (Å²) in [5.74, 6) is -0.209. The summed E-state index contributed by atoms with van der Waals surface area (Å²) < 4.78 is 40.3. The molecule has 4 nitrogen and oxygen atoms in total. The SMILES string of the molecule is CN=C(NS(=O)(=O)c1ccc(F)c(C)c1)c1ccccc1. The van der Waals surface area contributed by atoms with Crippen molar-refractivity contribution in [2.75, 3.05) is 7.05 Å². The highest BCUT2D eigenvalue weighted by Gasteiger charge is 2.18. The number of hydrogen-bond donors (Lipinski definition) is 1. The second kappa shape index (κ2) is 6.05. The smallest absolute Gasteiger partial charge is 0.263 e. The van der Waals surface area contributed by atoms with Crippen LogP contribution in [0.5, 0.6) is 0 Å². The zero-order valence-corrected chi connectivity index (χ0v) is 12.5. The van der Waals surface area contributed by atoms with Gasteiger partial charge >= 0.3 is 0 Å². The third-order valence-electron chi connectivity index (χ3n) is 2.94. The zero-order valence-electron chi connectivity index (χ0n) is 11.7. The molecule has 0 unspecified atom stereocenters. The van der Waals surface area contributed by atoms with Gasteiger partial charge in [-0.2, -0.15) is 0 Å². The Hall–Kier alpha value is -2.21. The number of aliphatic imine (C=N–C) groups is 1. The number of rotatable bonds is 3. The summed E-state index contributed by atoms with van der Waals surface area (Å²) in [7, 11) is -2.31. The summed E-state index contributed by atoms with van der Waals surface area (Å²) in [5.41, 5.74) is 0.926. The number of nitrogens with zero attached hydrogens (tertiary/aromatic N) is 1. The first kappa shape index (κ1) is 15.2. The zero-order chi connectivity index (χ0) is 15.5. The third-order valence-corrected chi connectivity index (χ3v) is 4.28. The average Bonchev–Trinajstić information content (AvgIpc) is 2.48. The van der Waals surface area contributed by atoms with E-state index in [1.54, 1.807) is 24.3 Å². The van der Waals surface area contributed by atoms with Crippen LogP contribution in [0.3, 0.4) is 0 Å². The number of sulfonamides is 1. The number of benzene rings is 2. The van der Waals surface area contributed by atoms with Crippen LogP contribution in [-0.2, 0) is 10.0 Å². The molecule has 0 spiro atoms. The molecule has 110 valence electrons. The molecule has 0 aliphatic carbocycles. The van der Waals surface area contributed by atoms with Gasteiger partial charge in [0, 0.05) is 12.6 Å².